The van der Waals surface area contributed by atoms with Crippen molar-refractivity contribution >= 4 is 9.84 Å². The number of benzene rings is 1. The van der Waals surface area contributed by atoms with Crippen LogP contribution in [0.25, 0.3) is 11.3 Å². The second-order valence-electron chi connectivity index (χ2n) is 4.38. The summed E-state index contributed by atoms with van der Waals surface area (Å²) in [5.74, 6) is 0. The molecule has 0 radical (unpaired) electrons. The van der Waals surface area contributed by atoms with Crippen LogP contribution in [0.15, 0.2) is 47.5 Å². The lowest BCUT2D eigenvalue weighted by Gasteiger charge is -2.04. The topological polar surface area (TPSA) is 59.1 Å². The summed E-state index contributed by atoms with van der Waals surface area (Å²) >= 11 is 0. The number of sulfone groups is 1. The highest BCUT2D eigenvalue weighted by atomic mass is 32.2. The molecule has 0 amide bonds. The smallest absolute Gasteiger partial charge is 0.175 e. The van der Waals surface area contributed by atoms with Crippen LogP contribution in [0, 0.1) is 0 Å². The van der Waals surface area contributed by atoms with E-state index < -0.39 is 9.84 Å². The summed E-state index contributed by atoms with van der Waals surface area (Å²) in [4.78, 5) is 4.69. The standard InChI is InChI=1S/C14H16N2O2S/c1-15-9-11-3-8-14(16-10-11)12-4-6-13(7-5-12)19(2,17)18/h3-8,10,15H,9H2,1-2H3. The number of hydrogen-bond acceptors (Lipinski definition) is 4. The molecule has 1 heterocycles. The Balaban J connectivity index is 2.27. The molecule has 0 bridgehead atoms. The van der Waals surface area contributed by atoms with Gasteiger partial charge in [0.05, 0.1) is 10.6 Å². The van der Waals surface area contributed by atoms with Crippen molar-refractivity contribution < 1.29 is 8.42 Å². The van der Waals surface area contributed by atoms with Gasteiger partial charge >= 0.3 is 0 Å². The first-order valence-corrected chi connectivity index (χ1v) is 7.80. The molecule has 0 fully saturated rings. The summed E-state index contributed by atoms with van der Waals surface area (Å²) in [6, 6.07) is 10.7. The summed E-state index contributed by atoms with van der Waals surface area (Å²) in [6.45, 7) is 0.778. The van der Waals surface area contributed by atoms with E-state index in [1.807, 2.05) is 25.4 Å². The molecule has 4 nitrogen and oxygen atoms in total. The number of hydrogen-bond donors (Lipinski definition) is 1. The molecule has 0 atom stereocenters. The maximum absolute atomic E-state index is 11.4. The summed E-state index contributed by atoms with van der Waals surface area (Å²) in [5, 5.41) is 3.06. The first-order valence-electron chi connectivity index (χ1n) is 5.91. The molecule has 0 unspecified atom stereocenters. The van der Waals surface area contributed by atoms with E-state index in [1.54, 1.807) is 24.3 Å². The summed E-state index contributed by atoms with van der Waals surface area (Å²) in [7, 11) is -1.26. The minimum atomic E-state index is -3.14. The van der Waals surface area contributed by atoms with Crippen LogP contribution in [0.2, 0.25) is 0 Å². The van der Waals surface area contributed by atoms with Crippen LogP contribution < -0.4 is 5.32 Å². The summed E-state index contributed by atoms with van der Waals surface area (Å²) in [5.41, 5.74) is 2.85. The number of aromatic nitrogens is 1. The maximum Gasteiger partial charge on any atom is 0.175 e. The van der Waals surface area contributed by atoms with Gasteiger partial charge in [0.15, 0.2) is 9.84 Å². The van der Waals surface area contributed by atoms with Gasteiger partial charge < -0.3 is 5.32 Å². The second-order valence-corrected chi connectivity index (χ2v) is 6.39. The number of rotatable bonds is 4. The third-order valence-electron chi connectivity index (χ3n) is 2.78. The molecule has 5 heteroatoms. The Kier molecular flexibility index (Phi) is 3.97. The van der Waals surface area contributed by atoms with Crippen molar-refractivity contribution in [3.8, 4) is 11.3 Å². The van der Waals surface area contributed by atoms with Crippen molar-refractivity contribution in [1.29, 1.82) is 0 Å². The first kappa shape index (κ1) is 13.7. The Labute approximate surface area is 113 Å². The molecule has 0 aliphatic heterocycles. The number of nitrogens with zero attached hydrogens (tertiary/aromatic N) is 1. The van der Waals surface area contributed by atoms with Crippen molar-refractivity contribution in [2.24, 2.45) is 0 Å². The fraction of sp³-hybridized carbons (Fsp3) is 0.214. The quantitative estimate of drug-likeness (QED) is 0.926. The van der Waals surface area contributed by atoms with Crippen LogP contribution in [0.3, 0.4) is 0 Å². The van der Waals surface area contributed by atoms with Crippen LogP contribution in [-0.4, -0.2) is 26.7 Å². The molecule has 0 spiro atoms. The monoisotopic (exact) mass is 276 g/mol. The molecule has 19 heavy (non-hydrogen) atoms. The Hall–Kier alpha value is -1.72. The Morgan fingerprint density at radius 1 is 1.11 bits per heavy atom. The molecule has 0 aliphatic rings. The van der Waals surface area contributed by atoms with E-state index in [1.165, 1.54) is 6.26 Å². The summed E-state index contributed by atoms with van der Waals surface area (Å²) in [6.07, 6.45) is 3.02. The highest BCUT2D eigenvalue weighted by Gasteiger charge is 2.07. The molecule has 0 saturated heterocycles. The fourth-order valence-electron chi connectivity index (χ4n) is 1.78. The third kappa shape index (κ3) is 3.39. The molecular weight excluding hydrogens is 260 g/mol. The lowest BCUT2D eigenvalue weighted by atomic mass is 10.1. The van der Waals surface area contributed by atoms with Gasteiger partial charge in [-0.05, 0) is 30.8 Å². The molecule has 1 aromatic carbocycles. The minimum Gasteiger partial charge on any atom is -0.316 e. The Bertz CT molecular complexity index is 647. The molecule has 100 valence electrons. The van der Waals surface area contributed by atoms with Gasteiger partial charge in [-0.2, -0.15) is 0 Å². The Morgan fingerprint density at radius 3 is 2.26 bits per heavy atom. The molecule has 2 rings (SSSR count). The molecule has 1 aromatic heterocycles. The van der Waals surface area contributed by atoms with Crippen LogP contribution in [0.4, 0.5) is 0 Å². The van der Waals surface area contributed by atoms with E-state index in [2.05, 4.69) is 10.3 Å². The van der Waals surface area contributed by atoms with E-state index in [0.717, 1.165) is 23.4 Å². The predicted molar refractivity (Wildman–Crippen MR) is 75.5 cm³/mol. The summed E-state index contributed by atoms with van der Waals surface area (Å²) < 4.78 is 22.7. The highest BCUT2D eigenvalue weighted by molar-refractivity contribution is 7.90. The van der Waals surface area contributed by atoms with Gasteiger partial charge in [0.1, 0.15) is 0 Å². The van der Waals surface area contributed by atoms with E-state index in [4.69, 9.17) is 0 Å². The fourth-order valence-corrected chi connectivity index (χ4v) is 2.41. The normalized spacial score (nSPS) is 11.5. The van der Waals surface area contributed by atoms with Crippen LogP contribution in [0.1, 0.15) is 5.56 Å². The molecule has 1 N–H and O–H groups in total. The zero-order valence-electron chi connectivity index (χ0n) is 10.9. The molecule has 0 aliphatic carbocycles. The van der Waals surface area contributed by atoms with Crippen LogP contribution in [0.5, 0.6) is 0 Å². The average Bonchev–Trinajstić information content (AvgIpc) is 2.39. The second kappa shape index (κ2) is 5.50. The van der Waals surface area contributed by atoms with Gasteiger partial charge in [-0.3, -0.25) is 4.98 Å². The maximum atomic E-state index is 11.4. The Morgan fingerprint density at radius 2 is 1.79 bits per heavy atom. The van der Waals surface area contributed by atoms with Gasteiger partial charge in [-0.1, -0.05) is 18.2 Å². The zero-order valence-corrected chi connectivity index (χ0v) is 11.7. The van der Waals surface area contributed by atoms with Crippen molar-refractivity contribution in [1.82, 2.24) is 10.3 Å². The van der Waals surface area contributed by atoms with E-state index in [0.29, 0.717) is 4.90 Å². The molecular formula is C14H16N2O2S. The van der Waals surface area contributed by atoms with Crippen LogP contribution >= 0.6 is 0 Å². The van der Waals surface area contributed by atoms with E-state index in [-0.39, 0.29) is 0 Å². The predicted octanol–water partition coefficient (Wildman–Crippen LogP) is 1.87. The van der Waals surface area contributed by atoms with Crippen LogP contribution in [-0.2, 0) is 16.4 Å². The van der Waals surface area contributed by atoms with E-state index in [9.17, 15) is 8.42 Å². The first-order chi connectivity index (χ1) is 9.00. The molecule has 2 aromatic rings. The van der Waals surface area contributed by atoms with Crippen molar-refractivity contribution in [3.63, 3.8) is 0 Å². The number of pyridine rings is 1. The van der Waals surface area contributed by atoms with Gasteiger partial charge in [0.25, 0.3) is 0 Å². The average molecular weight is 276 g/mol. The highest BCUT2D eigenvalue weighted by Crippen LogP contribution is 2.19. The van der Waals surface area contributed by atoms with Gasteiger partial charge in [0.2, 0.25) is 0 Å². The third-order valence-corrected chi connectivity index (χ3v) is 3.91. The number of nitrogens with one attached hydrogen (secondary N) is 1. The van der Waals surface area contributed by atoms with Crippen molar-refractivity contribution in [2.45, 2.75) is 11.4 Å². The minimum absolute atomic E-state index is 0.322. The van der Waals surface area contributed by atoms with Gasteiger partial charge in [-0.15, -0.1) is 0 Å². The lowest BCUT2D eigenvalue weighted by Crippen LogP contribution is -2.05. The largest absolute Gasteiger partial charge is 0.316 e. The zero-order chi connectivity index (χ0) is 13.9. The SMILES string of the molecule is CNCc1ccc(-c2ccc(S(C)(=O)=O)cc2)nc1. The van der Waals surface area contributed by atoms with Crippen molar-refractivity contribution in [3.05, 3.63) is 48.2 Å². The lowest BCUT2D eigenvalue weighted by molar-refractivity contribution is 0.602. The van der Waals surface area contributed by atoms with E-state index >= 15 is 0 Å². The van der Waals surface area contributed by atoms with Crippen molar-refractivity contribution in [2.75, 3.05) is 13.3 Å². The van der Waals surface area contributed by atoms with Gasteiger partial charge in [-0.25, -0.2) is 8.42 Å². The van der Waals surface area contributed by atoms with Gasteiger partial charge in [0, 0.05) is 24.6 Å². The molecule has 0 saturated carbocycles.